The number of nitrogens with zero attached hydrogens (tertiary/aromatic N) is 3. The van der Waals surface area contributed by atoms with Crippen LogP contribution in [0.2, 0.25) is 18.1 Å². The number of likely N-dealkylation sites (tertiary alicyclic amines) is 1. The Morgan fingerprint density at radius 2 is 2.20 bits per heavy atom. The molecule has 168 valence electrons. The van der Waals surface area contributed by atoms with E-state index in [4.69, 9.17) is 9.16 Å². The molecule has 1 aromatic heterocycles. The van der Waals surface area contributed by atoms with Crippen LogP contribution in [0.1, 0.15) is 39.4 Å². The van der Waals surface area contributed by atoms with Crippen LogP contribution in [0.15, 0.2) is 23.9 Å². The van der Waals surface area contributed by atoms with E-state index in [1.165, 1.54) is 11.8 Å². The summed E-state index contributed by atoms with van der Waals surface area (Å²) >= 11 is 1.43. The molecular formula is C21H35N3O4SSi. The summed E-state index contributed by atoms with van der Waals surface area (Å²) in [7, 11) is -1.98. The summed E-state index contributed by atoms with van der Waals surface area (Å²) in [5, 5.41) is 12.3. The minimum absolute atomic E-state index is 0.0514. The number of fused-ring (bicyclic) bond motifs is 1. The Morgan fingerprint density at radius 1 is 1.50 bits per heavy atom. The number of ether oxygens (including phenoxy) is 1. The van der Waals surface area contributed by atoms with Gasteiger partial charge in [-0.25, -0.2) is 9.78 Å². The zero-order valence-electron chi connectivity index (χ0n) is 19.0. The van der Waals surface area contributed by atoms with Gasteiger partial charge < -0.3 is 23.7 Å². The maximum Gasteiger partial charge on any atom is 0.410 e. The predicted octanol–water partition coefficient (Wildman–Crippen LogP) is 4.16. The second-order valence-electron chi connectivity index (χ2n) is 9.89. The van der Waals surface area contributed by atoms with Gasteiger partial charge in [0.1, 0.15) is 17.4 Å². The lowest BCUT2D eigenvalue weighted by atomic mass is 10.1. The van der Waals surface area contributed by atoms with Crippen molar-refractivity contribution in [1.29, 1.82) is 0 Å². The first-order chi connectivity index (χ1) is 13.9. The molecule has 2 aliphatic heterocycles. The van der Waals surface area contributed by atoms with Gasteiger partial charge in [-0.3, -0.25) is 0 Å². The molecule has 3 rings (SSSR count). The van der Waals surface area contributed by atoms with Crippen LogP contribution >= 0.6 is 11.8 Å². The summed E-state index contributed by atoms with van der Waals surface area (Å²) in [4.78, 5) is 17.8. The van der Waals surface area contributed by atoms with Crippen molar-refractivity contribution in [3.8, 4) is 0 Å². The number of aryl methyl sites for hydroxylation is 1. The summed E-state index contributed by atoms with van der Waals surface area (Å²) in [5.41, 5.74) is 0. The standard InChI is InChI=1S/C21H35N3O4SSi/c1-8-9-27-19(25)23-13-17(28-30(6,7)20(3,4)5)10-16(23)11-21(26)14-24-15(2)22-12-18(24)29-21/h8,12,16-17,26H,1,9-11,13-14H2,2-7H3/t16-,17+,21?/m0/s1. The monoisotopic (exact) mass is 453 g/mol. The van der Waals surface area contributed by atoms with Gasteiger partial charge in [-0.05, 0) is 31.5 Å². The lowest BCUT2D eigenvalue weighted by Crippen LogP contribution is -2.45. The molecule has 1 aromatic rings. The van der Waals surface area contributed by atoms with Gasteiger partial charge in [0.25, 0.3) is 0 Å². The van der Waals surface area contributed by atoms with Crippen LogP contribution in [-0.4, -0.2) is 64.2 Å². The van der Waals surface area contributed by atoms with E-state index >= 15 is 0 Å². The molecule has 0 saturated carbocycles. The summed E-state index contributed by atoms with van der Waals surface area (Å²) in [6.45, 7) is 17.8. The molecule has 0 radical (unpaired) electrons. The number of hydrogen-bond donors (Lipinski definition) is 1. The summed E-state index contributed by atoms with van der Waals surface area (Å²) < 4.78 is 14.0. The Hall–Kier alpha value is -1.29. The fourth-order valence-electron chi connectivity index (χ4n) is 3.85. The molecule has 30 heavy (non-hydrogen) atoms. The first-order valence-corrected chi connectivity index (χ1v) is 14.2. The number of aliphatic hydroxyl groups is 1. The van der Waals surface area contributed by atoms with Crippen LogP contribution in [0.25, 0.3) is 0 Å². The number of carbonyl (C=O) groups excluding carboxylic acids is 1. The van der Waals surface area contributed by atoms with Crippen molar-refractivity contribution in [1.82, 2.24) is 14.5 Å². The summed E-state index contributed by atoms with van der Waals surface area (Å²) in [5.74, 6) is 0.890. The molecule has 0 aromatic carbocycles. The van der Waals surface area contributed by atoms with Crippen LogP contribution in [-0.2, 0) is 15.7 Å². The zero-order valence-corrected chi connectivity index (χ0v) is 20.8. The average molecular weight is 454 g/mol. The number of thioether (sulfide) groups is 1. The van der Waals surface area contributed by atoms with E-state index in [0.29, 0.717) is 25.9 Å². The van der Waals surface area contributed by atoms with Crippen LogP contribution in [0, 0.1) is 6.92 Å². The minimum atomic E-state index is -1.98. The van der Waals surface area contributed by atoms with Gasteiger partial charge in [-0.1, -0.05) is 45.2 Å². The molecule has 3 heterocycles. The predicted molar refractivity (Wildman–Crippen MR) is 121 cm³/mol. The second kappa shape index (κ2) is 8.33. The van der Waals surface area contributed by atoms with E-state index in [-0.39, 0.29) is 29.9 Å². The van der Waals surface area contributed by atoms with Gasteiger partial charge in [0, 0.05) is 19.0 Å². The number of amides is 1. The number of hydrogen-bond acceptors (Lipinski definition) is 6. The minimum Gasteiger partial charge on any atom is -0.445 e. The smallest absolute Gasteiger partial charge is 0.410 e. The van der Waals surface area contributed by atoms with Crippen molar-refractivity contribution in [2.24, 2.45) is 0 Å². The molecule has 1 N–H and O–H groups in total. The molecule has 1 amide bonds. The van der Waals surface area contributed by atoms with Crippen LogP contribution in [0.4, 0.5) is 4.79 Å². The highest BCUT2D eigenvalue weighted by Gasteiger charge is 2.48. The highest BCUT2D eigenvalue weighted by atomic mass is 32.2. The third kappa shape index (κ3) is 4.79. The van der Waals surface area contributed by atoms with Crippen LogP contribution < -0.4 is 0 Å². The van der Waals surface area contributed by atoms with Crippen LogP contribution in [0.3, 0.4) is 0 Å². The van der Waals surface area contributed by atoms with Crippen molar-refractivity contribution >= 4 is 26.2 Å². The fraction of sp³-hybridized carbons (Fsp3) is 0.714. The molecular weight excluding hydrogens is 418 g/mol. The average Bonchev–Trinajstić information content (AvgIpc) is 3.26. The molecule has 1 saturated heterocycles. The first kappa shape index (κ1) is 23.4. The van der Waals surface area contributed by atoms with Gasteiger partial charge in [0.2, 0.25) is 0 Å². The number of imidazole rings is 1. The molecule has 2 aliphatic rings. The Morgan fingerprint density at radius 3 is 2.80 bits per heavy atom. The summed E-state index contributed by atoms with van der Waals surface area (Å²) in [6.07, 6.45) is 4.10. The largest absolute Gasteiger partial charge is 0.445 e. The Labute approximate surface area is 185 Å². The van der Waals surface area contributed by atoms with Gasteiger partial charge in [-0.15, -0.1) is 0 Å². The Balaban J connectivity index is 1.74. The third-order valence-electron chi connectivity index (χ3n) is 6.48. The highest BCUT2D eigenvalue weighted by molar-refractivity contribution is 8.00. The molecule has 9 heteroatoms. The molecule has 7 nitrogen and oxygen atoms in total. The van der Waals surface area contributed by atoms with Crippen LogP contribution in [0.5, 0.6) is 0 Å². The van der Waals surface area contributed by atoms with Crippen molar-refractivity contribution in [3.05, 3.63) is 24.7 Å². The van der Waals surface area contributed by atoms with Gasteiger partial charge in [0.05, 0.1) is 23.9 Å². The molecule has 1 unspecified atom stereocenters. The maximum atomic E-state index is 12.7. The fourth-order valence-corrected chi connectivity index (χ4v) is 6.48. The van der Waals surface area contributed by atoms with E-state index in [9.17, 15) is 9.90 Å². The molecule has 0 spiro atoms. The normalized spacial score (nSPS) is 26.7. The van der Waals surface area contributed by atoms with Crippen molar-refractivity contribution in [3.63, 3.8) is 0 Å². The van der Waals surface area contributed by atoms with E-state index in [1.807, 2.05) is 11.5 Å². The Bertz CT molecular complexity index is 807. The highest BCUT2D eigenvalue weighted by Crippen LogP contribution is 2.45. The second-order valence-corrected chi connectivity index (χ2v) is 16.0. The maximum absolute atomic E-state index is 12.7. The van der Waals surface area contributed by atoms with E-state index in [2.05, 4.69) is 45.4 Å². The van der Waals surface area contributed by atoms with E-state index in [0.717, 1.165) is 10.9 Å². The molecule has 0 bridgehead atoms. The van der Waals surface area contributed by atoms with Crippen molar-refractivity contribution in [2.45, 2.75) is 87.3 Å². The zero-order chi connectivity index (χ0) is 22.3. The topological polar surface area (TPSA) is 76.8 Å². The lowest BCUT2D eigenvalue weighted by Gasteiger charge is -2.38. The molecule has 1 fully saturated rings. The van der Waals surface area contributed by atoms with Crippen molar-refractivity contribution in [2.75, 3.05) is 13.2 Å². The molecule has 3 atom stereocenters. The van der Waals surface area contributed by atoms with E-state index < -0.39 is 13.3 Å². The summed E-state index contributed by atoms with van der Waals surface area (Å²) in [6, 6.07) is -0.146. The SMILES string of the molecule is C=CCOC(=O)N1C[C@H](O[Si](C)(C)C(C)(C)C)C[C@H]1CC1(O)Cn2c(cnc2C)S1. The number of carbonyl (C=O) groups is 1. The van der Waals surface area contributed by atoms with Gasteiger partial charge in [-0.2, -0.15) is 0 Å². The Kier molecular flexibility index (Phi) is 6.49. The van der Waals surface area contributed by atoms with E-state index in [1.54, 1.807) is 17.2 Å². The number of rotatable bonds is 6. The third-order valence-corrected chi connectivity index (χ3v) is 12.2. The van der Waals surface area contributed by atoms with Gasteiger partial charge >= 0.3 is 6.09 Å². The lowest BCUT2D eigenvalue weighted by molar-refractivity contribution is 0.0675. The molecule has 0 aliphatic carbocycles. The number of aromatic nitrogens is 2. The van der Waals surface area contributed by atoms with Crippen molar-refractivity contribution < 1.29 is 19.1 Å². The first-order valence-electron chi connectivity index (χ1n) is 10.5. The quantitative estimate of drug-likeness (QED) is 0.515. The van der Waals surface area contributed by atoms with Gasteiger partial charge in [0.15, 0.2) is 8.32 Å².